The fraction of sp³-hybridized carbons (Fsp3) is 0.310. The van der Waals surface area contributed by atoms with E-state index >= 15 is 4.39 Å². The molecule has 1 fully saturated rings. The molecule has 0 spiro atoms. The largest absolute Gasteiger partial charge is 0.434 e. The van der Waals surface area contributed by atoms with Gasteiger partial charge in [-0.3, -0.25) is 9.78 Å². The highest BCUT2D eigenvalue weighted by atomic mass is 19.3. The minimum Gasteiger partial charge on any atom is -0.434 e. The monoisotopic (exact) mass is 559 g/mol. The Morgan fingerprint density at radius 1 is 1.24 bits per heavy atom. The molecule has 2 aromatic heterocycles. The summed E-state index contributed by atoms with van der Waals surface area (Å²) in [6.07, 6.45) is 2.24. The van der Waals surface area contributed by atoms with Crippen molar-refractivity contribution in [3.8, 4) is 22.9 Å². The standard InChI is InChI=1S/C29H24F3N7O2/c1-28(12-33)10-22(34)29(28,35)24-16(30)7-14(11-36-24)13-5-6-17-19(8-13)39-20-9-18(25(39)37-17)38-26(40)15-3-2-4-21(23(15)20)41-27(31)32/h2-8,11,18,20,22,27H,9-10,34-35H2,1H3,(H,38,40)/t18-,20-,22?,28?,29?/m1/s1. The van der Waals surface area contributed by atoms with E-state index < -0.39 is 41.5 Å². The Bertz CT molecular complexity index is 1820. The molecule has 41 heavy (non-hydrogen) atoms. The van der Waals surface area contributed by atoms with Gasteiger partial charge in [-0.2, -0.15) is 14.0 Å². The van der Waals surface area contributed by atoms with E-state index in [9.17, 15) is 18.8 Å². The number of ether oxygens (including phenoxy) is 1. The number of hydrogen-bond donors (Lipinski definition) is 3. The number of benzene rings is 2. The Balaban J connectivity index is 1.34. The Kier molecular flexibility index (Phi) is 5.30. The second kappa shape index (κ2) is 8.52. The summed E-state index contributed by atoms with van der Waals surface area (Å²) in [5.41, 5.74) is 13.1. The van der Waals surface area contributed by atoms with Gasteiger partial charge in [-0.15, -0.1) is 0 Å². The van der Waals surface area contributed by atoms with E-state index in [1.165, 1.54) is 24.4 Å². The van der Waals surface area contributed by atoms with Crippen LogP contribution in [0.4, 0.5) is 13.2 Å². The van der Waals surface area contributed by atoms with Gasteiger partial charge in [-0.25, -0.2) is 9.37 Å². The third kappa shape index (κ3) is 3.39. The van der Waals surface area contributed by atoms with Crippen molar-refractivity contribution in [2.45, 2.75) is 50.0 Å². The summed E-state index contributed by atoms with van der Waals surface area (Å²) >= 11 is 0. The first-order chi connectivity index (χ1) is 19.6. The molecule has 208 valence electrons. The Morgan fingerprint density at radius 3 is 2.76 bits per heavy atom. The van der Waals surface area contributed by atoms with Crippen LogP contribution in [0.15, 0.2) is 48.7 Å². The van der Waals surface area contributed by atoms with Gasteiger partial charge in [0.15, 0.2) is 0 Å². The summed E-state index contributed by atoms with van der Waals surface area (Å²) in [4.78, 5) is 22.0. The number of halogens is 3. The van der Waals surface area contributed by atoms with Gasteiger partial charge in [0.25, 0.3) is 5.91 Å². The number of rotatable bonds is 4. The van der Waals surface area contributed by atoms with Crippen LogP contribution in [0.1, 0.15) is 59.3 Å². The molecule has 5 N–H and O–H groups in total. The smallest absolute Gasteiger partial charge is 0.387 e. The molecule has 12 heteroatoms. The highest BCUT2D eigenvalue weighted by Crippen LogP contribution is 2.53. The highest BCUT2D eigenvalue weighted by molar-refractivity contribution is 5.98. The van der Waals surface area contributed by atoms with E-state index in [4.69, 9.17) is 21.2 Å². The topological polar surface area (TPSA) is 145 Å². The van der Waals surface area contributed by atoms with Crippen molar-refractivity contribution in [3.05, 3.63) is 77.1 Å². The number of nitrogens with two attached hydrogens (primary N) is 2. The van der Waals surface area contributed by atoms with Crippen molar-refractivity contribution in [1.29, 1.82) is 5.26 Å². The Morgan fingerprint density at radius 2 is 2.05 bits per heavy atom. The van der Waals surface area contributed by atoms with Crippen LogP contribution in [-0.4, -0.2) is 33.1 Å². The number of fused-ring (bicyclic) bond motifs is 9. The van der Waals surface area contributed by atoms with E-state index in [0.29, 0.717) is 46.4 Å². The van der Waals surface area contributed by atoms with Crippen LogP contribution in [0.25, 0.3) is 22.2 Å². The van der Waals surface area contributed by atoms with Gasteiger partial charge in [0.1, 0.15) is 17.4 Å². The van der Waals surface area contributed by atoms with Crippen molar-refractivity contribution in [3.63, 3.8) is 0 Å². The van der Waals surface area contributed by atoms with Crippen molar-refractivity contribution < 1.29 is 22.7 Å². The number of imidazole rings is 1. The second-order valence-corrected chi connectivity index (χ2v) is 11.1. The fourth-order valence-electron chi connectivity index (χ4n) is 6.71. The van der Waals surface area contributed by atoms with Gasteiger partial charge in [0, 0.05) is 28.9 Å². The van der Waals surface area contributed by atoms with Crippen LogP contribution >= 0.6 is 0 Å². The number of amides is 1. The molecule has 2 bridgehead atoms. The molecule has 7 rings (SSSR count). The normalized spacial score (nSPS) is 28.0. The molecule has 3 aliphatic rings. The minimum atomic E-state index is -3.06. The average molecular weight is 560 g/mol. The van der Waals surface area contributed by atoms with Gasteiger partial charge in [0.05, 0.1) is 45.8 Å². The van der Waals surface area contributed by atoms with Crippen molar-refractivity contribution in [2.75, 3.05) is 0 Å². The lowest BCUT2D eigenvalue weighted by Crippen LogP contribution is -2.72. The molecule has 1 amide bonds. The van der Waals surface area contributed by atoms with Gasteiger partial charge < -0.3 is 26.1 Å². The maximum absolute atomic E-state index is 15.5. The van der Waals surface area contributed by atoms with E-state index in [1.54, 1.807) is 25.1 Å². The number of nitrogens with zero attached hydrogens (tertiary/aromatic N) is 4. The number of hydrogen-bond acceptors (Lipinski definition) is 7. The zero-order valence-electron chi connectivity index (χ0n) is 21.7. The lowest BCUT2D eigenvalue weighted by Gasteiger charge is -2.55. The third-order valence-electron chi connectivity index (χ3n) is 8.90. The Labute approximate surface area is 231 Å². The molecule has 4 aromatic rings. The first-order valence-corrected chi connectivity index (χ1v) is 13.1. The van der Waals surface area contributed by atoms with E-state index in [2.05, 4.69) is 16.4 Å². The van der Waals surface area contributed by atoms with Crippen molar-refractivity contribution >= 4 is 16.9 Å². The molecule has 3 unspecified atom stereocenters. The maximum atomic E-state index is 15.5. The Hall–Kier alpha value is -4.47. The highest BCUT2D eigenvalue weighted by Gasteiger charge is 2.63. The number of carbonyl (C=O) groups is 1. The minimum absolute atomic E-state index is 0.0562. The molecule has 2 aliphatic heterocycles. The number of nitriles is 1. The number of pyridine rings is 1. The molecule has 4 heterocycles. The molecule has 0 saturated heterocycles. The molecule has 0 radical (unpaired) electrons. The number of carbonyl (C=O) groups excluding carboxylic acids is 1. The van der Waals surface area contributed by atoms with Crippen LogP contribution in [0.3, 0.4) is 0 Å². The molecule has 5 atom stereocenters. The summed E-state index contributed by atoms with van der Waals surface area (Å²) in [6.45, 7) is -1.41. The maximum Gasteiger partial charge on any atom is 0.387 e. The predicted octanol–water partition coefficient (Wildman–Crippen LogP) is 4.03. The van der Waals surface area contributed by atoms with E-state index in [-0.39, 0.29) is 22.9 Å². The molecule has 1 saturated carbocycles. The van der Waals surface area contributed by atoms with Crippen LogP contribution < -0.4 is 21.5 Å². The van der Waals surface area contributed by atoms with Gasteiger partial charge in [-0.05, 0) is 55.7 Å². The SMILES string of the molecule is CC1(C#N)CC(N)C1(N)c1ncc(-c2ccc3nc4n(c3c2)[C@@H]2C[C@H]4NC(=O)c3cccc(OC(F)F)c32)cc1F. The second-order valence-electron chi connectivity index (χ2n) is 11.1. The van der Waals surface area contributed by atoms with Crippen LogP contribution in [0, 0.1) is 22.6 Å². The third-order valence-corrected chi connectivity index (χ3v) is 8.90. The number of alkyl halides is 2. The molecular formula is C29H24F3N7O2. The van der Waals surface area contributed by atoms with Crippen molar-refractivity contribution in [2.24, 2.45) is 16.9 Å². The van der Waals surface area contributed by atoms with Crippen molar-refractivity contribution in [1.82, 2.24) is 19.9 Å². The zero-order valence-corrected chi connectivity index (χ0v) is 21.7. The van der Waals surface area contributed by atoms with Crippen LogP contribution in [-0.2, 0) is 5.54 Å². The summed E-state index contributed by atoms with van der Waals surface area (Å²) in [7, 11) is 0. The van der Waals surface area contributed by atoms with Gasteiger partial charge in [-0.1, -0.05) is 12.1 Å². The first-order valence-electron chi connectivity index (χ1n) is 13.1. The molecule has 2 aromatic carbocycles. The summed E-state index contributed by atoms with van der Waals surface area (Å²) in [6, 6.07) is 11.8. The summed E-state index contributed by atoms with van der Waals surface area (Å²) < 4.78 is 48.8. The lowest BCUT2D eigenvalue weighted by molar-refractivity contribution is -0.0507. The average Bonchev–Trinajstić information content (AvgIpc) is 3.44. The fourth-order valence-corrected chi connectivity index (χ4v) is 6.71. The number of aromatic nitrogens is 3. The first kappa shape index (κ1) is 25.5. The van der Waals surface area contributed by atoms with E-state index in [1.807, 2.05) is 10.6 Å². The molecule has 9 nitrogen and oxygen atoms in total. The predicted molar refractivity (Wildman–Crippen MR) is 141 cm³/mol. The summed E-state index contributed by atoms with van der Waals surface area (Å²) in [5, 5.41) is 12.6. The zero-order chi connectivity index (χ0) is 28.8. The van der Waals surface area contributed by atoms with Gasteiger partial charge >= 0.3 is 6.61 Å². The quantitative estimate of drug-likeness (QED) is 0.342. The van der Waals surface area contributed by atoms with Crippen LogP contribution in [0.5, 0.6) is 5.75 Å². The van der Waals surface area contributed by atoms with Crippen LogP contribution in [0.2, 0.25) is 0 Å². The molecular weight excluding hydrogens is 535 g/mol. The molecule has 1 aliphatic carbocycles. The lowest BCUT2D eigenvalue weighted by atomic mass is 9.52. The summed E-state index contributed by atoms with van der Waals surface area (Å²) in [5.74, 6) is -0.532. The van der Waals surface area contributed by atoms with Gasteiger partial charge in [0.2, 0.25) is 0 Å². The number of nitrogens with one attached hydrogen (secondary N) is 1. The van der Waals surface area contributed by atoms with E-state index in [0.717, 1.165) is 0 Å².